The van der Waals surface area contributed by atoms with Gasteiger partial charge in [-0.05, 0) is 23.1 Å². The van der Waals surface area contributed by atoms with Gasteiger partial charge in [0.25, 0.3) is 0 Å². The highest BCUT2D eigenvalue weighted by molar-refractivity contribution is 5.82. The molecule has 0 bridgehead atoms. The standard InChI is InChI=1S/C28H33N3O3/c1-4-31(30(3)26(28(33)34)24-18-12-7-13-19-24)25(20-22-14-8-5-9-15-22)27(32)29(2)21-23-16-10-6-11-17-23/h5-19,25-26H,4,20-21H2,1-3H3,(H,33,34)/t25-,26-/m0/s1. The number of benzene rings is 3. The molecule has 2 atom stereocenters. The summed E-state index contributed by atoms with van der Waals surface area (Å²) >= 11 is 0. The minimum Gasteiger partial charge on any atom is -0.480 e. The highest BCUT2D eigenvalue weighted by atomic mass is 16.4. The van der Waals surface area contributed by atoms with Gasteiger partial charge in [-0.3, -0.25) is 9.59 Å². The van der Waals surface area contributed by atoms with Crippen molar-refractivity contribution in [1.82, 2.24) is 14.9 Å². The molecule has 34 heavy (non-hydrogen) atoms. The molecule has 3 rings (SSSR count). The van der Waals surface area contributed by atoms with E-state index in [0.29, 0.717) is 25.1 Å². The second kappa shape index (κ2) is 12.1. The van der Waals surface area contributed by atoms with Crippen molar-refractivity contribution in [2.75, 3.05) is 20.6 Å². The number of carbonyl (C=O) groups is 2. The molecule has 1 amide bonds. The lowest BCUT2D eigenvalue weighted by Gasteiger charge is -2.41. The van der Waals surface area contributed by atoms with Crippen LogP contribution in [0.2, 0.25) is 0 Å². The Kier molecular flexibility index (Phi) is 8.96. The van der Waals surface area contributed by atoms with Crippen molar-refractivity contribution in [2.45, 2.75) is 32.0 Å². The minimum absolute atomic E-state index is 0.0568. The number of carboxylic acid groups (broad SMARTS) is 1. The summed E-state index contributed by atoms with van der Waals surface area (Å²) in [6, 6.07) is 27.4. The molecule has 6 nitrogen and oxygen atoms in total. The van der Waals surface area contributed by atoms with Crippen molar-refractivity contribution in [3.05, 3.63) is 108 Å². The predicted molar refractivity (Wildman–Crippen MR) is 134 cm³/mol. The number of nitrogens with zero attached hydrogens (tertiary/aromatic N) is 3. The summed E-state index contributed by atoms with van der Waals surface area (Å²) in [6.45, 7) is 2.91. The fourth-order valence-corrected chi connectivity index (χ4v) is 4.31. The first-order chi connectivity index (χ1) is 16.4. The average molecular weight is 460 g/mol. The third-order valence-electron chi connectivity index (χ3n) is 6.01. The molecule has 0 fully saturated rings. The number of aliphatic carboxylic acids is 1. The minimum atomic E-state index is -0.962. The third-order valence-corrected chi connectivity index (χ3v) is 6.01. The van der Waals surface area contributed by atoms with Crippen LogP contribution in [-0.4, -0.2) is 58.6 Å². The fourth-order valence-electron chi connectivity index (χ4n) is 4.31. The molecule has 0 heterocycles. The van der Waals surface area contributed by atoms with E-state index in [1.165, 1.54) is 0 Å². The zero-order valence-corrected chi connectivity index (χ0v) is 20.0. The molecule has 0 saturated heterocycles. The van der Waals surface area contributed by atoms with E-state index in [-0.39, 0.29) is 5.91 Å². The molecule has 0 aliphatic carbocycles. The van der Waals surface area contributed by atoms with E-state index in [1.54, 1.807) is 36.1 Å². The number of rotatable bonds is 11. The predicted octanol–water partition coefficient (Wildman–Crippen LogP) is 4.25. The molecule has 3 aromatic carbocycles. The van der Waals surface area contributed by atoms with Crippen molar-refractivity contribution < 1.29 is 14.7 Å². The van der Waals surface area contributed by atoms with Gasteiger partial charge in [0.2, 0.25) is 5.91 Å². The van der Waals surface area contributed by atoms with Gasteiger partial charge in [0.1, 0.15) is 12.1 Å². The Morgan fingerprint density at radius 1 is 0.794 bits per heavy atom. The molecular weight excluding hydrogens is 426 g/mol. The molecule has 0 aliphatic rings. The summed E-state index contributed by atoms with van der Waals surface area (Å²) in [4.78, 5) is 27.8. The van der Waals surface area contributed by atoms with Crippen LogP contribution in [0.1, 0.15) is 29.7 Å². The molecule has 1 N–H and O–H groups in total. The van der Waals surface area contributed by atoms with Gasteiger partial charge < -0.3 is 10.0 Å². The molecule has 3 aromatic rings. The Morgan fingerprint density at radius 2 is 1.29 bits per heavy atom. The van der Waals surface area contributed by atoms with Crippen LogP contribution in [0.15, 0.2) is 91.0 Å². The Labute approximate surface area is 202 Å². The Morgan fingerprint density at radius 3 is 1.79 bits per heavy atom. The molecular formula is C28H33N3O3. The maximum absolute atomic E-state index is 13.8. The van der Waals surface area contributed by atoms with Gasteiger partial charge in [-0.1, -0.05) is 97.9 Å². The summed E-state index contributed by atoms with van der Waals surface area (Å²) < 4.78 is 0. The van der Waals surface area contributed by atoms with Crippen LogP contribution >= 0.6 is 0 Å². The largest absolute Gasteiger partial charge is 0.480 e. The Balaban J connectivity index is 1.93. The van der Waals surface area contributed by atoms with Crippen molar-refractivity contribution in [1.29, 1.82) is 0 Å². The number of amides is 1. The quantitative estimate of drug-likeness (QED) is 0.434. The fraction of sp³-hybridized carbons (Fsp3) is 0.286. The van der Waals surface area contributed by atoms with E-state index in [9.17, 15) is 14.7 Å². The lowest BCUT2D eigenvalue weighted by Crippen LogP contribution is -2.56. The lowest BCUT2D eigenvalue weighted by molar-refractivity contribution is -0.162. The maximum atomic E-state index is 13.8. The molecule has 0 unspecified atom stereocenters. The first kappa shape index (κ1) is 25.1. The summed E-state index contributed by atoms with van der Waals surface area (Å²) in [5.74, 6) is -1.02. The number of likely N-dealkylation sites (N-methyl/N-ethyl adjacent to an activating group) is 3. The van der Waals surface area contributed by atoms with E-state index in [0.717, 1.165) is 11.1 Å². The lowest BCUT2D eigenvalue weighted by atomic mass is 10.0. The molecule has 0 aliphatic heterocycles. The topological polar surface area (TPSA) is 64.1 Å². The molecule has 0 radical (unpaired) electrons. The summed E-state index contributed by atoms with van der Waals surface area (Å²) in [5, 5.41) is 13.7. The van der Waals surface area contributed by atoms with Crippen LogP contribution in [0.5, 0.6) is 0 Å². The van der Waals surface area contributed by atoms with Gasteiger partial charge in [-0.15, -0.1) is 0 Å². The average Bonchev–Trinajstić information content (AvgIpc) is 2.85. The number of hydrogen-bond acceptors (Lipinski definition) is 4. The summed E-state index contributed by atoms with van der Waals surface area (Å²) in [7, 11) is 3.55. The zero-order chi connectivity index (χ0) is 24.5. The maximum Gasteiger partial charge on any atom is 0.326 e. The molecule has 178 valence electrons. The second-order valence-electron chi connectivity index (χ2n) is 8.37. The van der Waals surface area contributed by atoms with E-state index >= 15 is 0 Å². The Hall–Kier alpha value is -3.48. The van der Waals surface area contributed by atoms with Crippen LogP contribution in [0.25, 0.3) is 0 Å². The normalized spacial score (nSPS) is 13.0. The van der Waals surface area contributed by atoms with Gasteiger partial charge in [-0.25, -0.2) is 10.0 Å². The van der Waals surface area contributed by atoms with Crippen molar-refractivity contribution in [3.8, 4) is 0 Å². The highest BCUT2D eigenvalue weighted by Crippen LogP contribution is 2.24. The van der Waals surface area contributed by atoms with Crippen LogP contribution < -0.4 is 0 Å². The number of carboxylic acids is 1. The third kappa shape index (κ3) is 6.31. The van der Waals surface area contributed by atoms with E-state index in [4.69, 9.17) is 0 Å². The molecule has 0 spiro atoms. The SMILES string of the molecule is CCN([C@@H](Cc1ccccc1)C(=O)N(C)Cc1ccccc1)N(C)[C@H](C(=O)O)c1ccccc1. The van der Waals surface area contributed by atoms with Crippen molar-refractivity contribution in [3.63, 3.8) is 0 Å². The molecule has 0 saturated carbocycles. The smallest absolute Gasteiger partial charge is 0.326 e. The van der Waals surface area contributed by atoms with E-state index in [1.807, 2.05) is 90.8 Å². The van der Waals surface area contributed by atoms with E-state index in [2.05, 4.69) is 0 Å². The van der Waals surface area contributed by atoms with Crippen molar-refractivity contribution in [2.24, 2.45) is 0 Å². The number of hydrogen-bond donors (Lipinski definition) is 1. The Bertz CT molecular complexity index is 1040. The van der Waals surface area contributed by atoms with Gasteiger partial charge in [-0.2, -0.15) is 0 Å². The molecule has 6 heteroatoms. The van der Waals surface area contributed by atoms with Gasteiger partial charge >= 0.3 is 5.97 Å². The number of carbonyl (C=O) groups excluding carboxylic acids is 1. The van der Waals surface area contributed by atoms with Crippen LogP contribution in [0.3, 0.4) is 0 Å². The van der Waals surface area contributed by atoms with Crippen LogP contribution in [-0.2, 0) is 22.6 Å². The van der Waals surface area contributed by atoms with Gasteiger partial charge in [0.15, 0.2) is 0 Å². The van der Waals surface area contributed by atoms with Crippen LogP contribution in [0.4, 0.5) is 0 Å². The van der Waals surface area contributed by atoms with Gasteiger partial charge in [0, 0.05) is 27.2 Å². The van der Waals surface area contributed by atoms with Crippen molar-refractivity contribution >= 4 is 11.9 Å². The van der Waals surface area contributed by atoms with Crippen LogP contribution in [0, 0.1) is 0 Å². The first-order valence-electron chi connectivity index (χ1n) is 11.5. The van der Waals surface area contributed by atoms with Gasteiger partial charge in [0.05, 0.1) is 0 Å². The highest BCUT2D eigenvalue weighted by Gasteiger charge is 2.36. The number of hydrazine groups is 1. The monoisotopic (exact) mass is 459 g/mol. The van der Waals surface area contributed by atoms with E-state index < -0.39 is 18.1 Å². The summed E-state index contributed by atoms with van der Waals surface area (Å²) in [5.41, 5.74) is 2.73. The summed E-state index contributed by atoms with van der Waals surface area (Å²) in [6.07, 6.45) is 0.470. The zero-order valence-electron chi connectivity index (χ0n) is 20.0. The molecule has 0 aromatic heterocycles. The second-order valence-corrected chi connectivity index (χ2v) is 8.37. The first-order valence-corrected chi connectivity index (χ1v) is 11.5.